The number of benzene rings is 1. The predicted molar refractivity (Wildman–Crippen MR) is 108 cm³/mol. The molecule has 0 aliphatic rings. The van der Waals surface area contributed by atoms with Gasteiger partial charge in [0.15, 0.2) is 0 Å². The molecule has 0 saturated heterocycles. The van der Waals surface area contributed by atoms with E-state index in [0.717, 1.165) is 23.4 Å². The Morgan fingerprint density at radius 1 is 1.04 bits per heavy atom. The number of amides is 1. The van der Waals surface area contributed by atoms with Crippen molar-refractivity contribution in [2.24, 2.45) is 0 Å². The minimum Gasteiger partial charge on any atom is -0.366 e. The summed E-state index contributed by atoms with van der Waals surface area (Å²) in [6.07, 6.45) is 5.92. The molecule has 0 aliphatic heterocycles. The molecule has 5 nitrogen and oxygen atoms in total. The number of carbonyl (C=O) groups is 1. The fraction of sp³-hybridized carbons (Fsp3) is 0.190. The lowest BCUT2D eigenvalue weighted by atomic mass is 10.2. The number of nitrogens with one attached hydrogen (secondary N) is 1. The molecule has 27 heavy (non-hydrogen) atoms. The van der Waals surface area contributed by atoms with Gasteiger partial charge in [0, 0.05) is 43.8 Å². The fourth-order valence-corrected chi connectivity index (χ4v) is 2.71. The van der Waals surface area contributed by atoms with Crippen LogP contribution in [0, 0.1) is 0 Å². The van der Waals surface area contributed by atoms with Gasteiger partial charge in [-0.3, -0.25) is 9.78 Å². The molecule has 0 atom stereocenters. The van der Waals surface area contributed by atoms with Crippen molar-refractivity contribution < 1.29 is 4.79 Å². The van der Waals surface area contributed by atoms with Crippen molar-refractivity contribution in [1.29, 1.82) is 0 Å². The van der Waals surface area contributed by atoms with Crippen LogP contribution >= 0.6 is 11.6 Å². The average Bonchev–Trinajstić information content (AvgIpc) is 2.72. The first kappa shape index (κ1) is 18.9. The molecule has 0 spiro atoms. The summed E-state index contributed by atoms with van der Waals surface area (Å²) in [6, 6.07) is 15.2. The Kier molecular flexibility index (Phi) is 6.39. The Morgan fingerprint density at radius 2 is 1.78 bits per heavy atom. The van der Waals surface area contributed by atoms with Crippen LogP contribution in [0.5, 0.6) is 0 Å². The second kappa shape index (κ2) is 9.14. The lowest BCUT2D eigenvalue weighted by Crippen LogP contribution is -2.29. The standard InChI is InChI=1S/C21H21ClN4O/c1-26(13-10-16-8-11-23-12-9-16)21(27)18-4-7-20(25-15-18)24-14-17-2-5-19(22)6-3-17/h2-9,11-12,15H,10,13-14H2,1H3,(H,24,25). The highest BCUT2D eigenvalue weighted by atomic mass is 35.5. The van der Waals surface area contributed by atoms with Gasteiger partial charge >= 0.3 is 0 Å². The van der Waals surface area contributed by atoms with Crippen LogP contribution < -0.4 is 5.32 Å². The van der Waals surface area contributed by atoms with Crippen molar-refractivity contribution in [1.82, 2.24) is 14.9 Å². The Labute approximate surface area is 164 Å². The van der Waals surface area contributed by atoms with Crippen molar-refractivity contribution in [3.63, 3.8) is 0 Å². The highest BCUT2D eigenvalue weighted by Gasteiger charge is 2.12. The van der Waals surface area contributed by atoms with Gasteiger partial charge in [-0.25, -0.2) is 4.98 Å². The van der Waals surface area contributed by atoms with E-state index in [0.29, 0.717) is 23.7 Å². The molecule has 0 fully saturated rings. The maximum absolute atomic E-state index is 12.5. The van der Waals surface area contributed by atoms with Gasteiger partial charge in [0.2, 0.25) is 0 Å². The third kappa shape index (κ3) is 5.53. The van der Waals surface area contributed by atoms with Gasteiger partial charge in [0.1, 0.15) is 5.82 Å². The highest BCUT2D eigenvalue weighted by molar-refractivity contribution is 6.30. The molecular weight excluding hydrogens is 360 g/mol. The van der Waals surface area contributed by atoms with Gasteiger partial charge in [-0.15, -0.1) is 0 Å². The first-order valence-corrected chi connectivity index (χ1v) is 9.08. The van der Waals surface area contributed by atoms with Crippen LogP contribution in [-0.4, -0.2) is 34.4 Å². The summed E-state index contributed by atoms with van der Waals surface area (Å²) in [7, 11) is 1.80. The molecule has 2 heterocycles. The molecule has 1 N–H and O–H groups in total. The number of carbonyl (C=O) groups excluding carboxylic acids is 1. The van der Waals surface area contributed by atoms with E-state index in [1.165, 1.54) is 0 Å². The van der Waals surface area contributed by atoms with E-state index in [1.807, 2.05) is 42.5 Å². The number of halogens is 1. The molecule has 3 aromatic rings. The number of aromatic nitrogens is 2. The third-order valence-corrected chi connectivity index (χ3v) is 4.48. The Hall–Kier alpha value is -2.92. The van der Waals surface area contributed by atoms with E-state index in [1.54, 1.807) is 36.6 Å². The molecule has 138 valence electrons. The van der Waals surface area contributed by atoms with Crippen LogP contribution in [0.15, 0.2) is 67.1 Å². The molecule has 2 aromatic heterocycles. The molecule has 3 rings (SSSR count). The van der Waals surface area contributed by atoms with Crippen LogP contribution in [-0.2, 0) is 13.0 Å². The molecule has 1 aromatic carbocycles. The third-order valence-electron chi connectivity index (χ3n) is 4.23. The van der Waals surface area contributed by atoms with E-state index in [-0.39, 0.29) is 5.91 Å². The van der Waals surface area contributed by atoms with Gasteiger partial charge in [-0.05, 0) is 53.9 Å². The van der Waals surface area contributed by atoms with E-state index in [4.69, 9.17) is 11.6 Å². The van der Waals surface area contributed by atoms with Gasteiger partial charge in [-0.2, -0.15) is 0 Å². The smallest absolute Gasteiger partial charge is 0.255 e. The van der Waals surface area contributed by atoms with E-state index < -0.39 is 0 Å². The minimum atomic E-state index is -0.0409. The lowest BCUT2D eigenvalue weighted by molar-refractivity contribution is 0.0796. The summed E-state index contributed by atoms with van der Waals surface area (Å²) in [6.45, 7) is 1.28. The predicted octanol–water partition coefficient (Wildman–Crippen LogP) is 4.06. The number of pyridine rings is 2. The van der Waals surface area contributed by atoms with E-state index in [2.05, 4.69) is 15.3 Å². The molecule has 0 unspecified atom stereocenters. The Morgan fingerprint density at radius 3 is 2.44 bits per heavy atom. The zero-order valence-electron chi connectivity index (χ0n) is 15.1. The van der Waals surface area contributed by atoms with Crippen molar-refractivity contribution >= 4 is 23.3 Å². The van der Waals surface area contributed by atoms with Crippen molar-refractivity contribution in [2.75, 3.05) is 18.9 Å². The number of anilines is 1. The van der Waals surface area contributed by atoms with Gasteiger partial charge < -0.3 is 10.2 Å². The van der Waals surface area contributed by atoms with Crippen LogP contribution in [0.25, 0.3) is 0 Å². The summed E-state index contributed by atoms with van der Waals surface area (Å²) >= 11 is 5.89. The summed E-state index contributed by atoms with van der Waals surface area (Å²) in [5.74, 6) is 0.682. The van der Waals surface area contributed by atoms with Crippen LogP contribution in [0.2, 0.25) is 5.02 Å². The SMILES string of the molecule is CN(CCc1ccncc1)C(=O)c1ccc(NCc2ccc(Cl)cc2)nc1. The maximum Gasteiger partial charge on any atom is 0.255 e. The quantitative estimate of drug-likeness (QED) is 0.671. The van der Waals surface area contributed by atoms with E-state index in [9.17, 15) is 4.79 Å². The molecule has 0 aliphatic carbocycles. The lowest BCUT2D eigenvalue weighted by Gasteiger charge is -2.17. The van der Waals surface area contributed by atoms with Crippen LogP contribution in [0.4, 0.5) is 5.82 Å². The van der Waals surface area contributed by atoms with E-state index >= 15 is 0 Å². The number of nitrogens with zero attached hydrogens (tertiary/aromatic N) is 3. The maximum atomic E-state index is 12.5. The largest absolute Gasteiger partial charge is 0.366 e. The Balaban J connectivity index is 1.52. The first-order chi connectivity index (χ1) is 13.1. The molecule has 0 saturated carbocycles. The molecule has 6 heteroatoms. The van der Waals surface area contributed by atoms with Gasteiger partial charge in [0.25, 0.3) is 5.91 Å². The van der Waals surface area contributed by atoms with Crippen molar-refractivity contribution in [2.45, 2.75) is 13.0 Å². The highest BCUT2D eigenvalue weighted by Crippen LogP contribution is 2.12. The Bertz CT molecular complexity index is 867. The summed E-state index contributed by atoms with van der Waals surface area (Å²) < 4.78 is 0. The number of hydrogen-bond acceptors (Lipinski definition) is 4. The molecule has 0 radical (unpaired) electrons. The zero-order chi connectivity index (χ0) is 19.1. The van der Waals surface area contributed by atoms with Crippen LogP contribution in [0.3, 0.4) is 0 Å². The average molecular weight is 381 g/mol. The zero-order valence-corrected chi connectivity index (χ0v) is 15.9. The second-order valence-electron chi connectivity index (χ2n) is 6.24. The second-order valence-corrected chi connectivity index (χ2v) is 6.68. The summed E-state index contributed by atoms with van der Waals surface area (Å²) in [5, 5.41) is 3.95. The summed E-state index contributed by atoms with van der Waals surface area (Å²) in [5.41, 5.74) is 2.84. The number of rotatable bonds is 7. The molecule has 0 bridgehead atoms. The topological polar surface area (TPSA) is 58.1 Å². The monoisotopic (exact) mass is 380 g/mol. The van der Waals surface area contributed by atoms with Crippen LogP contribution in [0.1, 0.15) is 21.5 Å². The number of likely N-dealkylation sites (N-methyl/N-ethyl adjacent to an activating group) is 1. The molecule has 1 amide bonds. The van der Waals surface area contributed by atoms with Crippen molar-refractivity contribution in [3.05, 3.63) is 88.8 Å². The number of hydrogen-bond donors (Lipinski definition) is 1. The normalized spacial score (nSPS) is 10.4. The van der Waals surface area contributed by atoms with Crippen molar-refractivity contribution in [3.8, 4) is 0 Å². The first-order valence-electron chi connectivity index (χ1n) is 8.70. The summed E-state index contributed by atoms with van der Waals surface area (Å²) in [4.78, 5) is 22.6. The van der Waals surface area contributed by atoms with Gasteiger partial charge in [-0.1, -0.05) is 23.7 Å². The molecular formula is C21H21ClN4O. The fourth-order valence-electron chi connectivity index (χ4n) is 2.59. The minimum absolute atomic E-state index is 0.0409. The van der Waals surface area contributed by atoms with Gasteiger partial charge in [0.05, 0.1) is 5.56 Å².